The molecule has 0 amide bonds. The number of nitrogens with one attached hydrogen (secondary N) is 1. The van der Waals surface area contributed by atoms with Gasteiger partial charge in [-0.2, -0.15) is 0 Å². The summed E-state index contributed by atoms with van der Waals surface area (Å²) in [5.74, 6) is 0. The molecule has 2 aromatic carbocycles. The molecule has 0 saturated heterocycles. The molecule has 0 radical (unpaired) electrons. The van der Waals surface area contributed by atoms with Crippen molar-refractivity contribution < 1.29 is 8.42 Å². The second-order valence-electron chi connectivity index (χ2n) is 4.44. The van der Waals surface area contributed by atoms with Crippen LogP contribution in [-0.2, 0) is 10.0 Å². The highest BCUT2D eigenvalue weighted by atomic mass is 32.2. The van der Waals surface area contributed by atoms with E-state index < -0.39 is 10.0 Å². The zero-order valence-electron chi connectivity index (χ0n) is 10.8. The summed E-state index contributed by atoms with van der Waals surface area (Å²) in [7, 11) is -3.61. The smallest absolute Gasteiger partial charge is 0.261 e. The summed E-state index contributed by atoms with van der Waals surface area (Å²) < 4.78 is 27.2. The monoisotopic (exact) mass is 276 g/mol. The number of nitrogen functional groups attached to an aromatic ring is 1. The number of benzene rings is 2. The lowest BCUT2D eigenvalue weighted by Gasteiger charge is -2.13. The zero-order valence-corrected chi connectivity index (χ0v) is 11.7. The van der Waals surface area contributed by atoms with E-state index in [0.29, 0.717) is 11.4 Å². The Morgan fingerprint density at radius 2 is 1.58 bits per heavy atom. The Morgan fingerprint density at radius 3 is 2.16 bits per heavy atom. The third kappa shape index (κ3) is 2.88. The standard InChI is InChI=1S/C14H16N2O2S/c1-10-5-3-6-11(2)14(10)16-19(17,18)13-8-4-7-12(15)9-13/h3-9,16H,15H2,1-2H3. The maximum absolute atomic E-state index is 12.3. The molecule has 0 aliphatic carbocycles. The molecular formula is C14H16N2O2S. The third-order valence-corrected chi connectivity index (χ3v) is 4.23. The van der Waals surface area contributed by atoms with Crippen LogP contribution in [0.25, 0.3) is 0 Å². The quantitative estimate of drug-likeness (QED) is 0.847. The Balaban J connectivity index is 2.42. The van der Waals surface area contributed by atoms with Gasteiger partial charge in [-0.3, -0.25) is 4.72 Å². The van der Waals surface area contributed by atoms with E-state index in [-0.39, 0.29) is 4.90 Å². The highest BCUT2D eigenvalue weighted by Gasteiger charge is 2.16. The van der Waals surface area contributed by atoms with E-state index in [2.05, 4.69) is 4.72 Å². The van der Waals surface area contributed by atoms with Gasteiger partial charge in [0, 0.05) is 5.69 Å². The van der Waals surface area contributed by atoms with Gasteiger partial charge in [-0.05, 0) is 43.2 Å². The summed E-state index contributed by atoms with van der Waals surface area (Å²) in [5, 5.41) is 0. The zero-order chi connectivity index (χ0) is 14.0. The fourth-order valence-electron chi connectivity index (χ4n) is 1.85. The SMILES string of the molecule is Cc1cccc(C)c1NS(=O)(=O)c1cccc(N)c1. The first-order valence-electron chi connectivity index (χ1n) is 5.85. The number of hydrogen-bond acceptors (Lipinski definition) is 3. The first-order chi connectivity index (χ1) is 8.90. The second kappa shape index (κ2) is 4.93. The van der Waals surface area contributed by atoms with E-state index in [1.165, 1.54) is 12.1 Å². The van der Waals surface area contributed by atoms with Crippen molar-refractivity contribution in [1.29, 1.82) is 0 Å². The highest BCUT2D eigenvalue weighted by Crippen LogP contribution is 2.23. The molecule has 0 aromatic heterocycles. The van der Waals surface area contributed by atoms with Gasteiger partial charge < -0.3 is 5.73 Å². The van der Waals surface area contributed by atoms with Crippen molar-refractivity contribution in [2.24, 2.45) is 0 Å². The predicted molar refractivity (Wildman–Crippen MR) is 77.6 cm³/mol. The average molecular weight is 276 g/mol. The summed E-state index contributed by atoms with van der Waals surface area (Å²) in [5.41, 5.74) is 8.42. The molecular weight excluding hydrogens is 260 g/mol. The van der Waals surface area contributed by atoms with E-state index in [0.717, 1.165) is 11.1 Å². The Bertz CT molecular complexity index is 689. The van der Waals surface area contributed by atoms with E-state index in [4.69, 9.17) is 5.73 Å². The molecule has 0 fully saturated rings. The lowest BCUT2D eigenvalue weighted by atomic mass is 10.1. The van der Waals surface area contributed by atoms with Crippen molar-refractivity contribution in [2.45, 2.75) is 18.7 Å². The molecule has 19 heavy (non-hydrogen) atoms. The average Bonchev–Trinajstić information content (AvgIpc) is 2.34. The predicted octanol–water partition coefficient (Wildman–Crippen LogP) is 2.69. The maximum atomic E-state index is 12.3. The van der Waals surface area contributed by atoms with Gasteiger partial charge in [0.05, 0.1) is 10.6 Å². The fourth-order valence-corrected chi connectivity index (χ4v) is 3.11. The van der Waals surface area contributed by atoms with Crippen LogP contribution in [0.2, 0.25) is 0 Å². The molecule has 100 valence electrons. The summed E-state index contributed by atoms with van der Waals surface area (Å²) in [6.07, 6.45) is 0. The van der Waals surface area contributed by atoms with Gasteiger partial charge >= 0.3 is 0 Å². The van der Waals surface area contributed by atoms with Crippen LogP contribution in [0.5, 0.6) is 0 Å². The number of hydrogen-bond donors (Lipinski definition) is 2. The normalized spacial score (nSPS) is 11.3. The molecule has 4 nitrogen and oxygen atoms in total. The van der Waals surface area contributed by atoms with E-state index in [9.17, 15) is 8.42 Å². The summed E-state index contributed by atoms with van der Waals surface area (Å²) in [4.78, 5) is 0.162. The van der Waals surface area contributed by atoms with Crippen LogP contribution in [-0.4, -0.2) is 8.42 Å². The lowest BCUT2D eigenvalue weighted by molar-refractivity contribution is 0.601. The van der Waals surface area contributed by atoms with Crippen molar-refractivity contribution in [1.82, 2.24) is 0 Å². The molecule has 0 atom stereocenters. The molecule has 0 spiro atoms. The topological polar surface area (TPSA) is 72.2 Å². The molecule has 0 bridgehead atoms. The van der Waals surface area contributed by atoms with Gasteiger partial charge in [0.2, 0.25) is 0 Å². The largest absolute Gasteiger partial charge is 0.399 e. The van der Waals surface area contributed by atoms with Gasteiger partial charge in [0.1, 0.15) is 0 Å². The van der Waals surface area contributed by atoms with Gasteiger partial charge in [-0.25, -0.2) is 8.42 Å². The van der Waals surface area contributed by atoms with Crippen LogP contribution in [0.3, 0.4) is 0 Å². The fraction of sp³-hybridized carbons (Fsp3) is 0.143. The summed E-state index contributed by atoms with van der Waals surface area (Å²) in [6, 6.07) is 11.9. The van der Waals surface area contributed by atoms with Gasteiger partial charge in [-0.1, -0.05) is 24.3 Å². The van der Waals surface area contributed by atoms with Crippen molar-refractivity contribution in [3.63, 3.8) is 0 Å². The summed E-state index contributed by atoms with van der Waals surface area (Å²) in [6.45, 7) is 3.73. The minimum absolute atomic E-state index is 0.162. The molecule has 3 N–H and O–H groups in total. The maximum Gasteiger partial charge on any atom is 0.261 e. The van der Waals surface area contributed by atoms with Crippen LogP contribution < -0.4 is 10.5 Å². The summed E-state index contributed by atoms with van der Waals surface area (Å²) >= 11 is 0. The lowest BCUT2D eigenvalue weighted by Crippen LogP contribution is -2.14. The first kappa shape index (κ1) is 13.4. The van der Waals surface area contributed by atoms with E-state index >= 15 is 0 Å². The minimum atomic E-state index is -3.61. The minimum Gasteiger partial charge on any atom is -0.399 e. The van der Waals surface area contributed by atoms with Gasteiger partial charge in [-0.15, -0.1) is 0 Å². The number of sulfonamides is 1. The second-order valence-corrected chi connectivity index (χ2v) is 6.13. The van der Waals surface area contributed by atoms with Crippen LogP contribution in [0.15, 0.2) is 47.4 Å². The molecule has 0 aliphatic rings. The van der Waals surface area contributed by atoms with Crippen molar-refractivity contribution in [2.75, 3.05) is 10.5 Å². The number of aryl methyl sites for hydroxylation is 2. The Morgan fingerprint density at radius 1 is 1.00 bits per heavy atom. The van der Waals surface area contributed by atoms with E-state index in [1.807, 2.05) is 32.0 Å². The molecule has 0 unspecified atom stereocenters. The Kier molecular flexibility index (Phi) is 3.48. The van der Waals surface area contributed by atoms with Crippen LogP contribution in [0, 0.1) is 13.8 Å². The van der Waals surface area contributed by atoms with Crippen LogP contribution >= 0.6 is 0 Å². The third-order valence-electron chi connectivity index (χ3n) is 2.89. The highest BCUT2D eigenvalue weighted by molar-refractivity contribution is 7.92. The molecule has 2 rings (SSSR count). The first-order valence-corrected chi connectivity index (χ1v) is 7.33. The molecule has 2 aromatic rings. The Labute approximate surface area is 113 Å². The Hall–Kier alpha value is -2.01. The van der Waals surface area contributed by atoms with E-state index in [1.54, 1.807) is 12.1 Å². The van der Waals surface area contributed by atoms with Crippen LogP contribution in [0.4, 0.5) is 11.4 Å². The number of nitrogens with two attached hydrogens (primary N) is 1. The molecule has 0 saturated carbocycles. The number of anilines is 2. The number of rotatable bonds is 3. The van der Waals surface area contributed by atoms with Crippen molar-refractivity contribution in [3.8, 4) is 0 Å². The van der Waals surface area contributed by atoms with Crippen molar-refractivity contribution in [3.05, 3.63) is 53.6 Å². The number of para-hydroxylation sites is 1. The van der Waals surface area contributed by atoms with Crippen LogP contribution in [0.1, 0.15) is 11.1 Å². The molecule has 0 aliphatic heterocycles. The van der Waals surface area contributed by atoms with Crippen molar-refractivity contribution >= 4 is 21.4 Å². The molecule has 0 heterocycles. The molecule has 5 heteroatoms. The van der Waals surface area contributed by atoms with Gasteiger partial charge in [0.25, 0.3) is 10.0 Å². The van der Waals surface area contributed by atoms with Gasteiger partial charge in [0.15, 0.2) is 0 Å².